The zero-order valence-corrected chi connectivity index (χ0v) is 18.3. The van der Waals surface area contributed by atoms with Crippen molar-refractivity contribution < 1.29 is 22.7 Å². The summed E-state index contributed by atoms with van der Waals surface area (Å²) in [6.45, 7) is 3.46. The minimum atomic E-state index is -3.78. The number of esters is 1. The van der Waals surface area contributed by atoms with Crippen LogP contribution >= 0.6 is 0 Å². The average molecular weight is 438 g/mol. The molecule has 0 spiro atoms. The monoisotopic (exact) mass is 437 g/mol. The number of ketones is 1. The minimum Gasteiger partial charge on any atom is -0.454 e. The number of benzene rings is 3. The van der Waals surface area contributed by atoms with Gasteiger partial charge < -0.3 is 4.74 Å². The number of carbonyl (C=O) groups is 2. The van der Waals surface area contributed by atoms with Crippen molar-refractivity contribution in [2.45, 2.75) is 18.7 Å². The van der Waals surface area contributed by atoms with Gasteiger partial charge in [-0.3, -0.25) is 9.10 Å². The standard InChI is InChI=1S/C24H23NO5S/c1-17-9-10-20(15-18(17)2)23(26)16-30-24(27)19-11-13-22(14-12-19)31(28,29)25(3)21-7-5-4-6-8-21/h4-15H,16H2,1-3H3. The maximum absolute atomic E-state index is 12.8. The lowest BCUT2D eigenvalue weighted by molar-refractivity contribution is 0.0474. The van der Waals surface area contributed by atoms with Crippen LogP contribution in [0.5, 0.6) is 0 Å². The smallest absolute Gasteiger partial charge is 0.338 e. The predicted octanol–water partition coefficient (Wildman–Crippen LogP) is 4.17. The summed E-state index contributed by atoms with van der Waals surface area (Å²) in [5.74, 6) is -1.00. The van der Waals surface area contributed by atoms with Crippen molar-refractivity contribution in [2.75, 3.05) is 18.0 Å². The van der Waals surface area contributed by atoms with E-state index in [2.05, 4.69) is 0 Å². The third kappa shape index (κ3) is 5.00. The summed E-state index contributed by atoms with van der Waals surface area (Å²) in [4.78, 5) is 24.6. The zero-order chi connectivity index (χ0) is 22.6. The number of ether oxygens (including phenoxy) is 1. The van der Waals surface area contributed by atoms with Crippen LogP contribution in [0.4, 0.5) is 5.69 Å². The second-order valence-electron chi connectivity index (χ2n) is 7.13. The molecule has 0 saturated carbocycles. The average Bonchev–Trinajstić information content (AvgIpc) is 2.79. The molecule has 0 aromatic heterocycles. The van der Waals surface area contributed by atoms with E-state index in [4.69, 9.17) is 4.74 Å². The molecule has 3 rings (SSSR count). The Balaban J connectivity index is 1.67. The van der Waals surface area contributed by atoms with Crippen molar-refractivity contribution >= 4 is 27.5 Å². The van der Waals surface area contributed by atoms with Gasteiger partial charge in [-0.2, -0.15) is 0 Å². The van der Waals surface area contributed by atoms with Crippen molar-refractivity contribution in [3.05, 3.63) is 95.1 Å². The summed E-state index contributed by atoms with van der Waals surface area (Å²) in [7, 11) is -2.31. The molecule has 160 valence electrons. The lowest BCUT2D eigenvalue weighted by Gasteiger charge is -2.19. The molecule has 0 aliphatic carbocycles. The van der Waals surface area contributed by atoms with Crippen molar-refractivity contribution in [2.24, 2.45) is 0 Å². The molecule has 0 heterocycles. The van der Waals surface area contributed by atoms with Gasteiger partial charge in [-0.1, -0.05) is 30.3 Å². The van der Waals surface area contributed by atoms with E-state index >= 15 is 0 Å². The molecule has 0 atom stereocenters. The normalized spacial score (nSPS) is 11.1. The third-order valence-corrected chi connectivity index (χ3v) is 6.83. The quantitative estimate of drug-likeness (QED) is 0.409. The first-order valence-corrected chi connectivity index (χ1v) is 11.1. The fourth-order valence-corrected chi connectivity index (χ4v) is 4.11. The van der Waals surface area contributed by atoms with Gasteiger partial charge in [-0.15, -0.1) is 0 Å². The van der Waals surface area contributed by atoms with Gasteiger partial charge in [-0.25, -0.2) is 13.2 Å². The highest BCUT2D eigenvalue weighted by Gasteiger charge is 2.22. The Morgan fingerprint density at radius 2 is 1.45 bits per heavy atom. The fourth-order valence-electron chi connectivity index (χ4n) is 2.91. The molecule has 0 radical (unpaired) electrons. The highest BCUT2D eigenvalue weighted by molar-refractivity contribution is 7.92. The number of rotatable bonds is 7. The maximum atomic E-state index is 12.8. The van der Waals surface area contributed by atoms with E-state index in [1.807, 2.05) is 19.9 Å². The van der Waals surface area contributed by atoms with Gasteiger partial charge in [0, 0.05) is 12.6 Å². The van der Waals surface area contributed by atoms with Crippen molar-refractivity contribution in [1.82, 2.24) is 0 Å². The first-order valence-electron chi connectivity index (χ1n) is 9.62. The number of hydrogen-bond donors (Lipinski definition) is 0. The highest BCUT2D eigenvalue weighted by atomic mass is 32.2. The lowest BCUT2D eigenvalue weighted by atomic mass is 10.0. The number of anilines is 1. The van der Waals surface area contributed by atoms with E-state index in [-0.39, 0.29) is 16.2 Å². The molecule has 0 N–H and O–H groups in total. The topological polar surface area (TPSA) is 80.8 Å². The molecule has 6 nitrogen and oxygen atoms in total. The Bertz CT molecular complexity index is 1200. The number of sulfonamides is 1. The molecule has 7 heteroatoms. The van der Waals surface area contributed by atoms with E-state index in [9.17, 15) is 18.0 Å². The van der Waals surface area contributed by atoms with Crippen LogP contribution in [0.2, 0.25) is 0 Å². The molecule has 3 aromatic carbocycles. The maximum Gasteiger partial charge on any atom is 0.338 e. The number of aryl methyl sites for hydroxylation is 2. The number of hydrogen-bond acceptors (Lipinski definition) is 5. The predicted molar refractivity (Wildman–Crippen MR) is 119 cm³/mol. The van der Waals surface area contributed by atoms with Gasteiger partial charge in [0.05, 0.1) is 16.1 Å². The van der Waals surface area contributed by atoms with E-state index in [1.54, 1.807) is 42.5 Å². The summed E-state index contributed by atoms with van der Waals surface area (Å²) >= 11 is 0. The first kappa shape index (κ1) is 22.2. The van der Waals surface area contributed by atoms with Gasteiger partial charge in [0.1, 0.15) is 0 Å². The SMILES string of the molecule is Cc1ccc(C(=O)COC(=O)c2ccc(S(=O)(=O)N(C)c3ccccc3)cc2)cc1C. The molecular weight excluding hydrogens is 414 g/mol. The van der Waals surface area contributed by atoms with Crippen molar-refractivity contribution in [3.63, 3.8) is 0 Å². The molecular formula is C24H23NO5S. The molecule has 0 amide bonds. The Hall–Kier alpha value is -3.45. The third-order valence-electron chi connectivity index (χ3n) is 5.03. The second-order valence-corrected chi connectivity index (χ2v) is 9.10. The largest absolute Gasteiger partial charge is 0.454 e. The molecule has 0 unspecified atom stereocenters. The van der Waals surface area contributed by atoms with Crippen LogP contribution in [0.25, 0.3) is 0 Å². The number of Topliss-reactive ketones (excluding diaryl/α,β-unsaturated/α-hetero) is 1. The summed E-state index contributed by atoms with van der Waals surface area (Å²) < 4.78 is 31.9. The first-order chi connectivity index (χ1) is 14.7. The minimum absolute atomic E-state index is 0.0432. The summed E-state index contributed by atoms with van der Waals surface area (Å²) in [6, 6.07) is 19.4. The van der Waals surface area contributed by atoms with Gasteiger partial charge in [0.2, 0.25) is 0 Å². The zero-order valence-electron chi connectivity index (χ0n) is 17.5. The molecule has 3 aromatic rings. The molecule has 31 heavy (non-hydrogen) atoms. The van der Waals surface area contributed by atoms with Crippen LogP contribution < -0.4 is 4.31 Å². The fraction of sp³-hybridized carbons (Fsp3) is 0.167. The molecule has 0 aliphatic heterocycles. The molecule has 0 fully saturated rings. The Morgan fingerprint density at radius 3 is 2.06 bits per heavy atom. The summed E-state index contributed by atoms with van der Waals surface area (Å²) in [6.07, 6.45) is 0. The van der Waals surface area contributed by atoms with Gasteiger partial charge in [0.15, 0.2) is 12.4 Å². The van der Waals surface area contributed by atoms with Crippen LogP contribution in [0.15, 0.2) is 77.7 Å². The summed E-state index contributed by atoms with van der Waals surface area (Å²) in [5, 5.41) is 0. The van der Waals surface area contributed by atoms with Crippen LogP contribution in [0, 0.1) is 13.8 Å². The van der Waals surface area contributed by atoms with Crippen LogP contribution in [-0.2, 0) is 14.8 Å². The summed E-state index contributed by atoms with van der Waals surface area (Å²) in [5.41, 5.74) is 3.21. The van der Waals surface area contributed by atoms with E-state index in [1.165, 1.54) is 35.6 Å². The van der Waals surface area contributed by atoms with E-state index in [0.29, 0.717) is 11.3 Å². The molecule has 0 bridgehead atoms. The van der Waals surface area contributed by atoms with Crippen LogP contribution in [0.3, 0.4) is 0 Å². The van der Waals surface area contributed by atoms with Crippen LogP contribution in [-0.4, -0.2) is 33.8 Å². The van der Waals surface area contributed by atoms with Gasteiger partial charge in [-0.05, 0) is 67.4 Å². The van der Waals surface area contributed by atoms with E-state index < -0.39 is 22.6 Å². The number of carbonyl (C=O) groups excluding carboxylic acids is 2. The Kier molecular flexibility index (Phi) is 6.56. The van der Waals surface area contributed by atoms with Crippen molar-refractivity contribution in [1.29, 1.82) is 0 Å². The molecule has 0 saturated heterocycles. The number of nitrogens with zero attached hydrogens (tertiary/aromatic N) is 1. The second kappa shape index (κ2) is 9.14. The highest BCUT2D eigenvalue weighted by Crippen LogP contribution is 2.22. The Labute approximate surface area is 182 Å². The van der Waals surface area contributed by atoms with Gasteiger partial charge >= 0.3 is 5.97 Å². The van der Waals surface area contributed by atoms with E-state index in [0.717, 1.165) is 11.1 Å². The van der Waals surface area contributed by atoms with Crippen molar-refractivity contribution in [3.8, 4) is 0 Å². The lowest BCUT2D eigenvalue weighted by Crippen LogP contribution is -2.26. The number of para-hydroxylation sites is 1. The van der Waals surface area contributed by atoms with Crippen LogP contribution in [0.1, 0.15) is 31.8 Å². The van der Waals surface area contributed by atoms with Gasteiger partial charge in [0.25, 0.3) is 10.0 Å². The molecule has 0 aliphatic rings. The Morgan fingerprint density at radius 1 is 0.839 bits per heavy atom.